The summed E-state index contributed by atoms with van der Waals surface area (Å²) in [6.45, 7) is 1.71. The molecule has 1 saturated heterocycles. The van der Waals surface area contributed by atoms with Crippen LogP contribution in [0.3, 0.4) is 0 Å². The molecule has 3 rings (SSSR count). The van der Waals surface area contributed by atoms with Crippen molar-refractivity contribution in [3.05, 3.63) is 48.3 Å². The molecule has 1 aliphatic heterocycles. The van der Waals surface area contributed by atoms with Crippen molar-refractivity contribution >= 4 is 6.03 Å². The number of urea groups is 1. The number of para-hydroxylation sites is 1. The number of amides is 2. The quantitative estimate of drug-likeness (QED) is 0.845. The van der Waals surface area contributed by atoms with Crippen LogP contribution in [0.15, 0.2) is 42.7 Å². The molecule has 0 aliphatic carbocycles. The Hall–Kier alpha value is -2.96. The lowest BCUT2D eigenvalue weighted by atomic mass is 10.1. The molecule has 0 saturated carbocycles. The number of hydrogen-bond donors (Lipinski definition) is 1. The number of aromatic nitrogens is 1. The van der Waals surface area contributed by atoms with Gasteiger partial charge in [0.1, 0.15) is 11.9 Å². The minimum atomic E-state index is -0.0813. The number of pyridine rings is 1. The highest BCUT2D eigenvalue weighted by Gasteiger charge is 2.24. The fourth-order valence-corrected chi connectivity index (χ4v) is 3.16. The van der Waals surface area contributed by atoms with Gasteiger partial charge in [0.2, 0.25) is 0 Å². The standard InChI is InChI=1S/C20H25N3O4/c1-25-18-5-3-4-15(19(18)26-2)14-22-20(24)23-12-8-17(9-13-23)27-16-6-10-21-11-7-16/h3-7,10-11,17H,8-9,12-14H2,1-2H3,(H,22,24). The van der Waals surface area contributed by atoms with Gasteiger partial charge in [0.05, 0.1) is 14.2 Å². The number of nitrogens with zero attached hydrogens (tertiary/aromatic N) is 2. The molecule has 144 valence electrons. The monoisotopic (exact) mass is 371 g/mol. The second-order valence-corrected chi connectivity index (χ2v) is 6.30. The maximum absolute atomic E-state index is 12.5. The van der Waals surface area contributed by atoms with Gasteiger partial charge in [0.15, 0.2) is 11.5 Å². The lowest BCUT2D eigenvalue weighted by Gasteiger charge is -2.32. The zero-order valence-electron chi connectivity index (χ0n) is 15.7. The molecule has 1 aliphatic rings. The van der Waals surface area contributed by atoms with Gasteiger partial charge >= 0.3 is 6.03 Å². The number of piperidine rings is 1. The predicted octanol–water partition coefficient (Wildman–Crippen LogP) is 2.85. The Labute approximate surface area is 159 Å². The number of ether oxygens (including phenoxy) is 3. The van der Waals surface area contributed by atoms with Crippen molar-refractivity contribution < 1.29 is 19.0 Å². The molecule has 0 bridgehead atoms. The van der Waals surface area contributed by atoms with Gasteiger partial charge < -0.3 is 24.4 Å². The molecule has 7 nitrogen and oxygen atoms in total. The van der Waals surface area contributed by atoms with Crippen LogP contribution >= 0.6 is 0 Å². The van der Waals surface area contributed by atoms with E-state index >= 15 is 0 Å². The molecular formula is C20H25N3O4. The molecule has 1 fully saturated rings. The SMILES string of the molecule is COc1cccc(CNC(=O)N2CCC(Oc3ccncc3)CC2)c1OC. The zero-order chi connectivity index (χ0) is 19.1. The average Bonchev–Trinajstić information content (AvgIpc) is 2.72. The van der Waals surface area contributed by atoms with Gasteiger partial charge in [-0.1, -0.05) is 12.1 Å². The minimum Gasteiger partial charge on any atom is -0.493 e. The molecule has 1 aromatic heterocycles. The fourth-order valence-electron chi connectivity index (χ4n) is 3.16. The summed E-state index contributed by atoms with van der Waals surface area (Å²) in [4.78, 5) is 18.3. The molecule has 2 heterocycles. The Bertz CT molecular complexity index is 746. The zero-order valence-corrected chi connectivity index (χ0v) is 15.7. The maximum Gasteiger partial charge on any atom is 0.317 e. The number of methoxy groups -OCH3 is 2. The second-order valence-electron chi connectivity index (χ2n) is 6.30. The van der Waals surface area contributed by atoms with E-state index in [4.69, 9.17) is 14.2 Å². The van der Waals surface area contributed by atoms with Crippen LogP contribution < -0.4 is 19.5 Å². The highest BCUT2D eigenvalue weighted by atomic mass is 16.5. The topological polar surface area (TPSA) is 72.9 Å². The highest BCUT2D eigenvalue weighted by Crippen LogP contribution is 2.30. The van der Waals surface area contributed by atoms with E-state index in [-0.39, 0.29) is 12.1 Å². The summed E-state index contributed by atoms with van der Waals surface area (Å²) in [6.07, 6.45) is 5.15. The Morgan fingerprint density at radius 2 is 1.89 bits per heavy atom. The van der Waals surface area contributed by atoms with E-state index in [2.05, 4.69) is 10.3 Å². The van der Waals surface area contributed by atoms with E-state index in [1.54, 1.807) is 26.6 Å². The molecule has 0 atom stereocenters. The number of benzene rings is 1. The first-order valence-electron chi connectivity index (χ1n) is 9.00. The lowest BCUT2D eigenvalue weighted by molar-refractivity contribution is 0.111. The largest absolute Gasteiger partial charge is 0.493 e. The highest BCUT2D eigenvalue weighted by molar-refractivity contribution is 5.74. The fraction of sp³-hybridized carbons (Fsp3) is 0.400. The number of carbonyl (C=O) groups is 1. The van der Waals surface area contributed by atoms with Gasteiger partial charge in [-0.3, -0.25) is 4.98 Å². The van der Waals surface area contributed by atoms with Crippen LogP contribution in [0.25, 0.3) is 0 Å². The van der Waals surface area contributed by atoms with E-state index in [9.17, 15) is 4.79 Å². The van der Waals surface area contributed by atoms with E-state index in [0.29, 0.717) is 31.1 Å². The normalized spacial score (nSPS) is 14.5. The van der Waals surface area contributed by atoms with Crippen LogP contribution in [0.4, 0.5) is 4.79 Å². The van der Waals surface area contributed by atoms with Crippen LogP contribution in [-0.2, 0) is 6.54 Å². The van der Waals surface area contributed by atoms with Crippen molar-refractivity contribution in [2.24, 2.45) is 0 Å². The Kier molecular flexibility index (Phi) is 6.35. The number of likely N-dealkylation sites (tertiary alicyclic amines) is 1. The van der Waals surface area contributed by atoms with Crippen molar-refractivity contribution in [1.29, 1.82) is 0 Å². The first kappa shape index (κ1) is 18.8. The molecular weight excluding hydrogens is 346 g/mol. The summed E-state index contributed by atoms with van der Waals surface area (Å²) in [7, 11) is 3.19. The van der Waals surface area contributed by atoms with Crippen molar-refractivity contribution in [2.45, 2.75) is 25.5 Å². The van der Waals surface area contributed by atoms with Crippen LogP contribution in [0.5, 0.6) is 17.2 Å². The predicted molar refractivity (Wildman–Crippen MR) is 101 cm³/mol. The Morgan fingerprint density at radius 1 is 1.15 bits per heavy atom. The van der Waals surface area contributed by atoms with Crippen molar-refractivity contribution in [1.82, 2.24) is 15.2 Å². The van der Waals surface area contributed by atoms with Crippen LogP contribution in [0.2, 0.25) is 0 Å². The van der Waals surface area contributed by atoms with Crippen molar-refractivity contribution in [3.8, 4) is 17.2 Å². The second kappa shape index (κ2) is 9.12. The Morgan fingerprint density at radius 3 is 2.56 bits per heavy atom. The van der Waals surface area contributed by atoms with Gasteiger partial charge in [-0.25, -0.2) is 4.79 Å². The van der Waals surface area contributed by atoms with E-state index in [0.717, 1.165) is 24.2 Å². The third kappa shape index (κ3) is 4.81. The maximum atomic E-state index is 12.5. The van der Waals surface area contributed by atoms with Gasteiger partial charge in [-0.05, 0) is 18.2 Å². The first-order chi connectivity index (χ1) is 13.2. The molecule has 2 aromatic rings. The number of hydrogen-bond acceptors (Lipinski definition) is 5. The number of nitrogens with one attached hydrogen (secondary N) is 1. The molecule has 1 aromatic carbocycles. The first-order valence-corrected chi connectivity index (χ1v) is 9.00. The van der Waals surface area contributed by atoms with E-state index < -0.39 is 0 Å². The van der Waals surface area contributed by atoms with Crippen molar-refractivity contribution in [2.75, 3.05) is 27.3 Å². The molecule has 1 N–H and O–H groups in total. The summed E-state index contributed by atoms with van der Waals surface area (Å²) >= 11 is 0. The molecule has 0 spiro atoms. The molecule has 0 radical (unpaired) electrons. The van der Waals surface area contributed by atoms with Gasteiger partial charge in [0, 0.05) is 50.4 Å². The summed E-state index contributed by atoms with van der Waals surface area (Å²) in [5, 5.41) is 2.96. The van der Waals surface area contributed by atoms with Crippen LogP contribution in [0.1, 0.15) is 18.4 Å². The molecule has 27 heavy (non-hydrogen) atoms. The summed E-state index contributed by atoms with van der Waals surface area (Å²) in [6, 6.07) is 9.24. The van der Waals surface area contributed by atoms with E-state index in [1.165, 1.54) is 0 Å². The number of rotatable bonds is 6. The Balaban J connectivity index is 1.49. The van der Waals surface area contributed by atoms with Crippen LogP contribution in [0, 0.1) is 0 Å². The third-order valence-electron chi connectivity index (χ3n) is 4.60. The van der Waals surface area contributed by atoms with Crippen LogP contribution in [-0.4, -0.2) is 49.3 Å². The summed E-state index contributed by atoms with van der Waals surface area (Å²) in [5.41, 5.74) is 0.876. The van der Waals surface area contributed by atoms with Crippen molar-refractivity contribution in [3.63, 3.8) is 0 Å². The number of carbonyl (C=O) groups excluding carboxylic acids is 1. The average molecular weight is 371 g/mol. The molecule has 7 heteroatoms. The molecule has 0 unspecified atom stereocenters. The van der Waals surface area contributed by atoms with E-state index in [1.807, 2.05) is 35.2 Å². The summed E-state index contributed by atoms with van der Waals surface area (Å²) < 4.78 is 16.6. The smallest absolute Gasteiger partial charge is 0.317 e. The summed E-state index contributed by atoms with van der Waals surface area (Å²) in [5.74, 6) is 2.11. The van der Waals surface area contributed by atoms with Gasteiger partial charge in [0.25, 0.3) is 0 Å². The third-order valence-corrected chi connectivity index (χ3v) is 4.60. The lowest BCUT2D eigenvalue weighted by Crippen LogP contribution is -2.46. The van der Waals surface area contributed by atoms with Gasteiger partial charge in [-0.2, -0.15) is 0 Å². The minimum absolute atomic E-state index is 0.0813. The molecule has 2 amide bonds. The van der Waals surface area contributed by atoms with Gasteiger partial charge in [-0.15, -0.1) is 0 Å².